The second-order valence-electron chi connectivity index (χ2n) is 5.90. The zero-order valence-corrected chi connectivity index (χ0v) is 15.9. The molecule has 1 aromatic carbocycles. The zero-order chi connectivity index (χ0) is 19.0. The molecule has 2 N–H and O–H groups in total. The number of halogens is 1. The highest BCUT2D eigenvalue weighted by atomic mass is 35.5. The Kier molecular flexibility index (Phi) is 4.55. The highest BCUT2D eigenvalue weighted by Crippen LogP contribution is 2.36. The van der Waals surface area contributed by atoms with Crippen molar-refractivity contribution in [2.24, 2.45) is 5.73 Å². The molecule has 0 aliphatic heterocycles. The lowest BCUT2D eigenvalue weighted by Crippen LogP contribution is -2.12. The number of benzene rings is 1. The Labute approximate surface area is 164 Å². The molecule has 4 rings (SSSR count). The lowest BCUT2D eigenvalue weighted by atomic mass is 10.1. The van der Waals surface area contributed by atoms with E-state index in [1.54, 1.807) is 30.9 Å². The van der Waals surface area contributed by atoms with Crippen LogP contribution in [0.5, 0.6) is 5.75 Å². The molecule has 0 saturated heterocycles. The van der Waals surface area contributed by atoms with E-state index < -0.39 is 5.91 Å². The standard InChI is InChI=1S/C19H15ClN4O2S/c1-11(12-4-2-3-5-13(12)20)26-16-8-17(27-18(16)19(21)25)24-10-23-14-6-7-22-9-15(14)24/h2-11H,1H3,(H2,21,25). The van der Waals surface area contributed by atoms with Gasteiger partial charge in [-0.1, -0.05) is 29.8 Å². The van der Waals surface area contributed by atoms with Crippen molar-refractivity contribution in [1.29, 1.82) is 0 Å². The molecule has 3 aromatic heterocycles. The monoisotopic (exact) mass is 398 g/mol. The molecule has 8 heteroatoms. The fraction of sp³-hybridized carbons (Fsp3) is 0.105. The predicted octanol–water partition coefficient (Wildman–Crippen LogP) is 4.37. The van der Waals surface area contributed by atoms with Gasteiger partial charge in [0.15, 0.2) is 0 Å². The Morgan fingerprint density at radius 1 is 1.33 bits per heavy atom. The summed E-state index contributed by atoms with van der Waals surface area (Å²) in [4.78, 5) is 20.8. The number of thiophene rings is 1. The van der Waals surface area contributed by atoms with E-state index in [9.17, 15) is 4.79 Å². The minimum absolute atomic E-state index is 0.342. The number of carbonyl (C=O) groups is 1. The Bertz CT molecular complexity index is 1140. The van der Waals surface area contributed by atoms with Crippen LogP contribution in [0.2, 0.25) is 5.02 Å². The van der Waals surface area contributed by atoms with E-state index in [2.05, 4.69) is 9.97 Å². The van der Waals surface area contributed by atoms with Crippen molar-refractivity contribution in [2.45, 2.75) is 13.0 Å². The summed E-state index contributed by atoms with van der Waals surface area (Å²) >= 11 is 7.50. The van der Waals surface area contributed by atoms with Crippen LogP contribution in [-0.4, -0.2) is 20.4 Å². The van der Waals surface area contributed by atoms with Gasteiger partial charge in [0.05, 0.1) is 17.2 Å². The topological polar surface area (TPSA) is 83.0 Å². The van der Waals surface area contributed by atoms with Crippen LogP contribution in [0.3, 0.4) is 0 Å². The summed E-state index contributed by atoms with van der Waals surface area (Å²) in [5.74, 6) is -0.129. The van der Waals surface area contributed by atoms with Crippen LogP contribution < -0.4 is 10.5 Å². The minimum atomic E-state index is -0.546. The summed E-state index contributed by atoms with van der Waals surface area (Å²) < 4.78 is 7.89. The molecule has 1 atom stereocenters. The molecule has 6 nitrogen and oxygen atoms in total. The zero-order valence-electron chi connectivity index (χ0n) is 14.3. The molecule has 4 aromatic rings. The van der Waals surface area contributed by atoms with Gasteiger partial charge in [0, 0.05) is 22.8 Å². The molecule has 136 valence electrons. The first-order valence-electron chi connectivity index (χ1n) is 8.16. The highest BCUT2D eigenvalue weighted by Gasteiger charge is 2.20. The minimum Gasteiger partial charge on any atom is -0.484 e. The second kappa shape index (κ2) is 7.02. The van der Waals surface area contributed by atoms with Crippen LogP contribution in [0.25, 0.3) is 16.0 Å². The number of carbonyl (C=O) groups excluding carboxylic acids is 1. The second-order valence-corrected chi connectivity index (χ2v) is 7.34. The van der Waals surface area contributed by atoms with Gasteiger partial charge in [-0.05, 0) is 19.1 Å². The van der Waals surface area contributed by atoms with E-state index in [4.69, 9.17) is 22.1 Å². The molecule has 1 unspecified atom stereocenters. The summed E-state index contributed by atoms with van der Waals surface area (Å²) in [7, 11) is 0. The van der Waals surface area contributed by atoms with Crippen molar-refractivity contribution in [2.75, 3.05) is 0 Å². The molecule has 0 aliphatic rings. The fourth-order valence-corrected chi connectivity index (χ4v) is 4.05. The van der Waals surface area contributed by atoms with Gasteiger partial charge in [0.25, 0.3) is 5.91 Å². The number of pyridine rings is 1. The number of rotatable bonds is 5. The van der Waals surface area contributed by atoms with Gasteiger partial charge in [-0.3, -0.25) is 14.3 Å². The first-order chi connectivity index (χ1) is 13.0. The molecule has 27 heavy (non-hydrogen) atoms. The lowest BCUT2D eigenvalue weighted by Gasteiger charge is -2.16. The van der Waals surface area contributed by atoms with Crippen molar-refractivity contribution in [3.63, 3.8) is 0 Å². The summed E-state index contributed by atoms with van der Waals surface area (Å²) in [5, 5.41) is 1.37. The molecular formula is C19H15ClN4O2S. The number of nitrogens with two attached hydrogens (primary N) is 1. The normalized spacial score (nSPS) is 12.2. The van der Waals surface area contributed by atoms with Crippen LogP contribution >= 0.6 is 22.9 Å². The average molecular weight is 399 g/mol. The fourth-order valence-electron chi connectivity index (χ4n) is 2.83. The summed E-state index contributed by atoms with van der Waals surface area (Å²) in [6.07, 6.45) is 4.74. The van der Waals surface area contributed by atoms with Crippen LogP contribution in [-0.2, 0) is 0 Å². The maximum absolute atomic E-state index is 11.9. The molecular weight excluding hydrogens is 384 g/mol. The van der Waals surface area contributed by atoms with Crippen molar-refractivity contribution >= 4 is 39.9 Å². The van der Waals surface area contributed by atoms with Gasteiger partial charge in [0.1, 0.15) is 28.1 Å². The van der Waals surface area contributed by atoms with Gasteiger partial charge in [-0.2, -0.15) is 0 Å². The maximum Gasteiger partial charge on any atom is 0.262 e. The van der Waals surface area contributed by atoms with Gasteiger partial charge in [0.2, 0.25) is 0 Å². The van der Waals surface area contributed by atoms with Crippen molar-refractivity contribution in [1.82, 2.24) is 14.5 Å². The number of imidazole rings is 1. The molecule has 3 heterocycles. The number of primary amides is 1. The quantitative estimate of drug-likeness (QED) is 0.541. The van der Waals surface area contributed by atoms with Gasteiger partial charge in [-0.25, -0.2) is 4.98 Å². The van der Waals surface area contributed by atoms with Crippen LogP contribution in [0.4, 0.5) is 0 Å². The Morgan fingerprint density at radius 2 is 2.15 bits per heavy atom. The van der Waals surface area contributed by atoms with Crippen LogP contribution in [0, 0.1) is 0 Å². The summed E-state index contributed by atoms with van der Waals surface area (Å²) in [6, 6.07) is 11.0. The smallest absolute Gasteiger partial charge is 0.262 e. The predicted molar refractivity (Wildman–Crippen MR) is 106 cm³/mol. The van der Waals surface area contributed by atoms with E-state index in [0.29, 0.717) is 15.6 Å². The van der Waals surface area contributed by atoms with Crippen molar-refractivity contribution in [3.05, 3.63) is 70.6 Å². The molecule has 0 spiro atoms. The van der Waals surface area contributed by atoms with Gasteiger partial charge >= 0.3 is 0 Å². The first kappa shape index (κ1) is 17.5. The molecule has 0 aliphatic carbocycles. The third kappa shape index (κ3) is 3.27. The Hall–Kier alpha value is -2.90. The first-order valence-corrected chi connectivity index (χ1v) is 9.36. The number of ether oxygens (including phenoxy) is 1. The summed E-state index contributed by atoms with van der Waals surface area (Å²) in [5.41, 5.74) is 8.04. The Morgan fingerprint density at radius 3 is 2.93 bits per heavy atom. The van der Waals surface area contributed by atoms with Gasteiger partial charge < -0.3 is 10.5 Å². The third-order valence-electron chi connectivity index (χ3n) is 4.14. The van der Waals surface area contributed by atoms with Crippen molar-refractivity contribution < 1.29 is 9.53 Å². The van der Waals surface area contributed by atoms with Crippen LogP contribution in [0.1, 0.15) is 28.3 Å². The lowest BCUT2D eigenvalue weighted by molar-refractivity contribution is 0.0998. The van der Waals surface area contributed by atoms with E-state index in [1.807, 2.05) is 35.8 Å². The number of nitrogens with zero attached hydrogens (tertiary/aromatic N) is 3. The Balaban J connectivity index is 1.73. The average Bonchev–Trinajstić information content (AvgIpc) is 3.26. The maximum atomic E-state index is 11.9. The van der Waals surface area contributed by atoms with E-state index in [-0.39, 0.29) is 6.10 Å². The van der Waals surface area contributed by atoms with Gasteiger partial charge in [-0.15, -0.1) is 11.3 Å². The largest absolute Gasteiger partial charge is 0.484 e. The number of fused-ring (bicyclic) bond motifs is 1. The molecule has 0 fully saturated rings. The number of amides is 1. The molecule has 0 saturated carbocycles. The van der Waals surface area contributed by atoms with Crippen molar-refractivity contribution in [3.8, 4) is 10.8 Å². The third-order valence-corrected chi connectivity index (χ3v) is 5.62. The highest BCUT2D eigenvalue weighted by molar-refractivity contribution is 7.16. The SMILES string of the molecule is CC(Oc1cc(-n2cnc3ccncc32)sc1C(N)=O)c1ccccc1Cl. The number of aromatic nitrogens is 3. The molecule has 0 radical (unpaired) electrons. The van der Waals surface area contributed by atoms with E-state index >= 15 is 0 Å². The molecule has 0 bridgehead atoms. The molecule has 1 amide bonds. The van der Waals surface area contributed by atoms with E-state index in [1.165, 1.54) is 11.3 Å². The number of hydrogen-bond acceptors (Lipinski definition) is 5. The van der Waals surface area contributed by atoms with E-state index in [0.717, 1.165) is 21.6 Å². The van der Waals surface area contributed by atoms with Crippen LogP contribution in [0.15, 0.2) is 55.1 Å². The number of hydrogen-bond donors (Lipinski definition) is 1. The summed E-state index contributed by atoms with van der Waals surface area (Å²) in [6.45, 7) is 1.87.